The molecule has 5 rings (SSSR count). The lowest BCUT2D eigenvalue weighted by Crippen LogP contribution is -2.50. The van der Waals surface area contributed by atoms with E-state index in [0.717, 1.165) is 34.6 Å². The summed E-state index contributed by atoms with van der Waals surface area (Å²) in [6, 6.07) is 6.05. The summed E-state index contributed by atoms with van der Waals surface area (Å²) in [6.45, 7) is 4.84. The highest BCUT2D eigenvalue weighted by molar-refractivity contribution is 8.04. The maximum absolute atomic E-state index is 13.1. The standard InChI is InChI=1S/C19H19N3O2S/c1-9-10(2)25-18-15(9)19(23)22-7-6-12-13-8-11(24-3)4-5-14(13)20-16(12)17(22)21-18/h4-5,8,15,18,20H,6-7H2,1-3H3/t15-,18+/m0/s1. The lowest BCUT2D eigenvalue weighted by Gasteiger charge is -2.36. The van der Waals surface area contributed by atoms with E-state index in [0.29, 0.717) is 6.54 Å². The van der Waals surface area contributed by atoms with Crippen LogP contribution in [-0.4, -0.2) is 40.7 Å². The number of carbonyl (C=O) groups is 1. The molecule has 2 atom stereocenters. The van der Waals surface area contributed by atoms with Gasteiger partial charge in [0.05, 0.1) is 18.7 Å². The topological polar surface area (TPSA) is 57.7 Å². The fourth-order valence-electron chi connectivity index (χ4n) is 4.09. The lowest BCUT2D eigenvalue weighted by atomic mass is 9.94. The highest BCUT2D eigenvalue weighted by Crippen LogP contribution is 2.46. The lowest BCUT2D eigenvalue weighted by molar-refractivity contribution is -0.131. The fourth-order valence-corrected chi connectivity index (χ4v) is 5.37. The fraction of sp³-hybridized carbons (Fsp3) is 0.368. The van der Waals surface area contributed by atoms with Crippen LogP contribution >= 0.6 is 11.8 Å². The number of hydrogen-bond acceptors (Lipinski definition) is 4. The van der Waals surface area contributed by atoms with Crippen LogP contribution < -0.4 is 4.74 Å². The van der Waals surface area contributed by atoms with Gasteiger partial charge in [0.2, 0.25) is 5.91 Å². The van der Waals surface area contributed by atoms with Crippen molar-refractivity contribution in [3.8, 4) is 5.75 Å². The molecular weight excluding hydrogens is 334 g/mol. The van der Waals surface area contributed by atoms with E-state index in [-0.39, 0.29) is 17.2 Å². The van der Waals surface area contributed by atoms with Gasteiger partial charge < -0.3 is 9.72 Å². The zero-order valence-electron chi connectivity index (χ0n) is 14.4. The quantitative estimate of drug-likeness (QED) is 0.856. The average molecular weight is 353 g/mol. The Kier molecular flexibility index (Phi) is 3.10. The number of aromatic nitrogens is 1. The number of benzene rings is 1. The molecule has 4 heterocycles. The van der Waals surface area contributed by atoms with Crippen LogP contribution in [0, 0.1) is 5.92 Å². The minimum Gasteiger partial charge on any atom is -0.497 e. The Morgan fingerprint density at radius 1 is 1.36 bits per heavy atom. The number of ether oxygens (including phenoxy) is 1. The van der Waals surface area contributed by atoms with Crippen LogP contribution in [0.5, 0.6) is 5.75 Å². The highest BCUT2D eigenvalue weighted by Gasteiger charge is 2.46. The number of allylic oxidation sites excluding steroid dienone is 1. The molecular formula is C19H19N3O2S. The molecule has 25 heavy (non-hydrogen) atoms. The Morgan fingerprint density at radius 2 is 2.20 bits per heavy atom. The number of hydrogen-bond donors (Lipinski definition) is 1. The third-order valence-corrected chi connectivity index (χ3v) is 6.86. The van der Waals surface area contributed by atoms with Gasteiger partial charge in [-0.2, -0.15) is 0 Å². The molecule has 1 amide bonds. The molecule has 5 nitrogen and oxygen atoms in total. The van der Waals surface area contributed by atoms with Gasteiger partial charge in [0.25, 0.3) is 0 Å². The van der Waals surface area contributed by atoms with Gasteiger partial charge in [-0.15, -0.1) is 11.8 Å². The van der Waals surface area contributed by atoms with E-state index in [9.17, 15) is 4.79 Å². The van der Waals surface area contributed by atoms with E-state index < -0.39 is 0 Å². The van der Waals surface area contributed by atoms with Crippen LogP contribution in [0.15, 0.2) is 33.7 Å². The molecule has 0 saturated carbocycles. The van der Waals surface area contributed by atoms with Gasteiger partial charge in [-0.3, -0.25) is 14.7 Å². The van der Waals surface area contributed by atoms with Gasteiger partial charge in [-0.05, 0) is 54.5 Å². The van der Waals surface area contributed by atoms with Crippen LogP contribution in [0.25, 0.3) is 10.9 Å². The first kappa shape index (κ1) is 15.1. The van der Waals surface area contributed by atoms with Crippen molar-refractivity contribution in [3.63, 3.8) is 0 Å². The molecule has 128 valence electrons. The number of nitrogens with one attached hydrogen (secondary N) is 1. The molecule has 0 bridgehead atoms. The number of rotatable bonds is 1. The van der Waals surface area contributed by atoms with Gasteiger partial charge in [0.15, 0.2) is 5.84 Å². The Hall–Kier alpha value is -2.21. The van der Waals surface area contributed by atoms with Crippen molar-refractivity contribution < 1.29 is 9.53 Å². The summed E-state index contributed by atoms with van der Waals surface area (Å²) in [5.41, 5.74) is 4.47. The third-order valence-electron chi connectivity index (χ3n) is 5.56. The van der Waals surface area contributed by atoms with Crippen molar-refractivity contribution in [2.24, 2.45) is 10.9 Å². The molecule has 0 unspecified atom stereocenters. The summed E-state index contributed by atoms with van der Waals surface area (Å²) < 4.78 is 5.37. The normalized spacial score (nSPS) is 25.0. The Balaban J connectivity index is 1.67. The SMILES string of the molecule is COc1ccc2[nH]c3c(c2c1)CCN1C(=O)[C@H]2C(C)=C(C)S[C@H]2N=C31. The number of methoxy groups -OCH3 is 1. The highest BCUT2D eigenvalue weighted by atomic mass is 32.2. The number of fused-ring (bicyclic) bond motifs is 6. The van der Waals surface area contributed by atoms with Gasteiger partial charge in [0.1, 0.15) is 11.1 Å². The largest absolute Gasteiger partial charge is 0.497 e. The Labute approximate surface area is 150 Å². The Bertz CT molecular complexity index is 988. The van der Waals surface area contributed by atoms with Crippen molar-refractivity contribution in [3.05, 3.63) is 39.9 Å². The van der Waals surface area contributed by atoms with Crippen LogP contribution in [0.4, 0.5) is 0 Å². The minimum absolute atomic E-state index is 0.0225. The number of H-pyrrole nitrogens is 1. The predicted molar refractivity (Wildman–Crippen MR) is 100 cm³/mol. The number of thioether (sulfide) groups is 1. The summed E-state index contributed by atoms with van der Waals surface area (Å²) in [5.74, 6) is 1.75. The summed E-state index contributed by atoms with van der Waals surface area (Å²) in [7, 11) is 1.68. The average Bonchev–Trinajstić information content (AvgIpc) is 3.12. The van der Waals surface area contributed by atoms with E-state index in [2.05, 4.69) is 24.9 Å². The maximum Gasteiger partial charge on any atom is 0.238 e. The summed E-state index contributed by atoms with van der Waals surface area (Å²) in [5, 5.41) is 1.14. The molecule has 0 saturated heterocycles. The monoisotopic (exact) mass is 353 g/mol. The first-order valence-corrected chi connectivity index (χ1v) is 9.38. The zero-order valence-corrected chi connectivity index (χ0v) is 15.2. The zero-order chi connectivity index (χ0) is 17.3. The smallest absolute Gasteiger partial charge is 0.238 e. The molecule has 0 aliphatic carbocycles. The van der Waals surface area contributed by atoms with Crippen molar-refractivity contribution in [2.75, 3.05) is 13.7 Å². The molecule has 3 aliphatic heterocycles. The number of carbonyl (C=O) groups excluding carboxylic acids is 1. The maximum atomic E-state index is 13.1. The van der Waals surface area contributed by atoms with Crippen LogP contribution in [0.2, 0.25) is 0 Å². The molecule has 0 fully saturated rings. The molecule has 1 aromatic heterocycles. The second kappa shape index (κ2) is 5.14. The van der Waals surface area contributed by atoms with Gasteiger partial charge >= 0.3 is 0 Å². The van der Waals surface area contributed by atoms with E-state index in [4.69, 9.17) is 9.73 Å². The second-order valence-electron chi connectivity index (χ2n) is 6.81. The molecule has 3 aliphatic rings. The molecule has 2 aromatic rings. The molecule has 0 radical (unpaired) electrons. The number of amidine groups is 1. The Morgan fingerprint density at radius 3 is 3.00 bits per heavy atom. The molecule has 0 spiro atoms. The molecule has 1 N–H and O–H groups in total. The number of aromatic amines is 1. The van der Waals surface area contributed by atoms with Crippen LogP contribution in [0.3, 0.4) is 0 Å². The predicted octanol–water partition coefficient (Wildman–Crippen LogP) is 3.30. The summed E-state index contributed by atoms with van der Waals surface area (Å²) in [6.07, 6.45) is 0.833. The van der Waals surface area contributed by atoms with Crippen molar-refractivity contribution >= 4 is 34.4 Å². The van der Waals surface area contributed by atoms with Crippen LogP contribution in [-0.2, 0) is 11.2 Å². The molecule has 1 aromatic carbocycles. The number of amides is 1. The van der Waals surface area contributed by atoms with E-state index in [1.54, 1.807) is 18.9 Å². The second-order valence-corrected chi connectivity index (χ2v) is 8.14. The van der Waals surface area contributed by atoms with E-state index >= 15 is 0 Å². The first-order chi connectivity index (χ1) is 12.1. The minimum atomic E-state index is -0.0974. The third kappa shape index (κ3) is 1.97. The van der Waals surface area contributed by atoms with Crippen LogP contribution in [0.1, 0.15) is 25.1 Å². The van der Waals surface area contributed by atoms with E-state index in [1.165, 1.54) is 16.0 Å². The van der Waals surface area contributed by atoms with Gasteiger partial charge in [-0.25, -0.2) is 0 Å². The number of nitrogens with zero attached hydrogens (tertiary/aromatic N) is 2. The summed E-state index contributed by atoms with van der Waals surface area (Å²) in [4.78, 5) is 24.7. The van der Waals surface area contributed by atoms with Gasteiger partial charge in [0, 0.05) is 17.4 Å². The van der Waals surface area contributed by atoms with E-state index in [1.807, 2.05) is 17.0 Å². The first-order valence-electron chi connectivity index (χ1n) is 8.50. The summed E-state index contributed by atoms with van der Waals surface area (Å²) >= 11 is 1.72. The van der Waals surface area contributed by atoms with Crippen molar-refractivity contribution in [1.82, 2.24) is 9.88 Å². The molecule has 6 heteroatoms. The van der Waals surface area contributed by atoms with Gasteiger partial charge in [-0.1, -0.05) is 0 Å². The van der Waals surface area contributed by atoms with Crippen molar-refractivity contribution in [2.45, 2.75) is 25.6 Å². The number of aliphatic imine (C=N–C) groups is 1. The van der Waals surface area contributed by atoms with Crippen molar-refractivity contribution in [1.29, 1.82) is 0 Å².